The molecule has 0 rings (SSSR count). The van der Waals surface area contributed by atoms with Gasteiger partial charge in [0.25, 0.3) is 5.17 Å². The average Bonchev–Trinajstić information content (AvgIpc) is 2.90. The number of esters is 4. The lowest BCUT2D eigenvalue weighted by Gasteiger charge is -2.31. The van der Waals surface area contributed by atoms with E-state index in [1.807, 2.05) is 0 Å². The predicted octanol–water partition coefficient (Wildman–Crippen LogP) is 2.26. The Kier molecular flexibility index (Phi) is 17.9. The lowest BCUT2D eigenvalue weighted by molar-refractivity contribution is -0.158. The van der Waals surface area contributed by atoms with Crippen LogP contribution in [0.2, 0.25) is 0 Å². The van der Waals surface area contributed by atoms with Crippen LogP contribution in [-0.4, -0.2) is 79.8 Å². The highest BCUT2D eigenvalue weighted by Gasteiger charge is 2.37. The molecule has 0 aromatic heterocycles. The zero-order valence-corrected chi connectivity index (χ0v) is 22.4. The van der Waals surface area contributed by atoms with Crippen LogP contribution in [0.5, 0.6) is 0 Å². The molecule has 1 N–H and O–H groups in total. The molecule has 0 bridgehead atoms. The molecule has 1 atom stereocenters. The molecular weight excluding hydrogens is 524 g/mol. The molecule has 0 aliphatic rings. The maximum Gasteiger partial charge on any atom is 0.331 e. The van der Waals surface area contributed by atoms with E-state index in [2.05, 4.69) is 47.4 Å². The highest BCUT2D eigenvalue weighted by atomic mass is 32.1. The predicted molar refractivity (Wildman–Crippen MR) is 142 cm³/mol. The smallest absolute Gasteiger partial charge is 0.331 e. The van der Waals surface area contributed by atoms with Crippen LogP contribution >= 0.6 is 24.4 Å². The van der Waals surface area contributed by atoms with Crippen LogP contribution < -0.4 is 5.32 Å². The number of ether oxygens (including phenoxy) is 5. The SMILES string of the molecule is C=CC(=O)OCC(COC(=O)C=C)(COC(=O)C=C)COC(=S)NCCCCC(N=C=S)C(=O)OCC. The Morgan fingerprint density at radius 2 is 1.38 bits per heavy atom. The van der Waals surface area contributed by atoms with E-state index in [0.717, 1.165) is 18.2 Å². The van der Waals surface area contributed by atoms with Gasteiger partial charge in [-0.3, -0.25) is 0 Å². The van der Waals surface area contributed by atoms with E-state index < -0.39 is 35.3 Å². The number of aliphatic imine (C=N–C) groups is 1. The summed E-state index contributed by atoms with van der Waals surface area (Å²) in [5.74, 6) is -2.69. The van der Waals surface area contributed by atoms with E-state index in [9.17, 15) is 19.2 Å². The Balaban J connectivity index is 5.07. The van der Waals surface area contributed by atoms with Crippen LogP contribution in [0.3, 0.4) is 0 Å². The first-order chi connectivity index (χ1) is 17.7. The van der Waals surface area contributed by atoms with Crippen molar-refractivity contribution in [2.24, 2.45) is 10.4 Å². The molecule has 204 valence electrons. The van der Waals surface area contributed by atoms with Gasteiger partial charge in [-0.25, -0.2) is 24.2 Å². The molecule has 0 radical (unpaired) electrons. The van der Waals surface area contributed by atoms with Crippen LogP contribution in [0.4, 0.5) is 0 Å². The van der Waals surface area contributed by atoms with Gasteiger partial charge in [0.1, 0.15) is 31.8 Å². The van der Waals surface area contributed by atoms with Crippen molar-refractivity contribution in [1.29, 1.82) is 0 Å². The van der Waals surface area contributed by atoms with Gasteiger partial charge in [-0.15, -0.1) is 0 Å². The summed E-state index contributed by atoms with van der Waals surface area (Å²) in [6, 6.07) is -0.712. The van der Waals surface area contributed by atoms with Crippen molar-refractivity contribution in [2.45, 2.75) is 32.2 Å². The second-order valence-corrected chi connectivity index (χ2v) is 7.98. The zero-order chi connectivity index (χ0) is 28.1. The minimum absolute atomic E-state index is 0.00312. The number of carbonyl (C=O) groups excluding carboxylic acids is 4. The highest BCUT2D eigenvalue weighted by Crippen LogP contribution is 2.21. The van der Waals surface area contributed by atoms with Crippen LogP contribution in [0.1, 0.15) is 26.2 Å². The van der Waals surface area contributed by atoms with Gasteiger partial charge in [0.2, 0.25) is 0 Å². The van der Waals surface area contributed by atoms with Crippen molar-refractivity contribution in [1.82, 2.24) is 5.32 Å². The molecule has 0 aromatic rings. The number of hydrogen-bond donors (Lipinski definition) is 1. The third kappa shape index (κ3) is 15.3. The molecule has 1 unspecified atom stereocenters. The number of thiocarbonyl (C=S) groups is 2. The van der Waals surface area contributed by atoms with Crippen molar-refractivity contribution in [3.8, 4) is 0 Å². The summed E-state index contributed by atoms with van der Waals surface area (Å²) in [7, 11) is 0. The van der Waals surface area contributed by atoms with Crippen molar-refractivity contribution in [3.63, 3.8) is 0 Å². The number of rotatable bonds is 19. The standard InChI is InChI=1S/C24H32N2O9S2/c1-5-19(27)32-13-24(14-33-20(28)6-2,15-34-21(29)7-3)16-35-23(37)25-12-10-9-11-18(26-17-36)22(30)31-8-4/h5-7,18H,1-3,8-16H2,4H3,(H,25,37). The summed E-state index contributed by atoms with van der Waals surface area (Å²) < 4.78 is 25.9. The first kappa shape index (κ1) is 33.6. The quantitative estimate of drug-likeness (QED) is 0.0623. The fraction of sp³-hybridized carbons (Fsp3) is 0.500. The Bertz CT molecular complexity index is 826. The monoisotopic (exact) mass is 556 g/mol. The Labute approximate surface area is 226 Å². The van der Waals surface area contributed by atoms with Crippen molar-refractivity contribution < 1.29 is 42.9 Å². The lowest BCUT2D eigenvalue weighted by Crippen LogP contribution is -2.44. The van der Waals surface area contributed by atoms with Gasteiger partial charge >= 0.3 is 23.9 Å². The van der Waals surface area contributed by atoms with Crippen molar-refractivity contribution in [3.05, 3.63) is 38.0 Å². The van der Waals surface area contributed by atoms with Gasteiger partial charge in [-0.05, 0) is 50.6 Å². The second-order valence-electron chi connectivity index (χ2n) is 7.42. The molecule has 37 heavy (non-hydrogen) atoms. The average molecular weight is 557 g/mol. The summed E-state index contributed by atoms with van der Waals surface area (Å²) in [6.45, 7) is 11.1. The molecule has 13 heteroatoms. The van der Waals surface area contributed by atoms with Crippen molar-refractivity contribution >= 4 is 58.6 Å². The molecule has 0 aliphatic heterocycles. The first-order valence-corrected chi connectivity index (χ1v) is 12.0. The van der Waals surface area contributed by atoms with Gasteiger partial charge < -0.3 is 29.0 Å². The maximum atomic E-state index is 11.9. The molecule has 0 aromatic carbocycles. The molecule has 0 saturated heterocycles. The van der Waals surface area contributed by atoms with E-state index >= 15 is 0 Å². The normalized spacial score (nSPS) is 10.9. The Hall–Kier alpha value is -3.41. The number of hydrogen-bond acceptors (Lipinski definition) is 12. The van der Waals surface area contributed by atoms with Crippen LogP contribution in [0.25, 0.3) is 0 Å². The summed E-state index contributed by atoms with van der Waals surface area (Å²) in [6.07, 6.45) is 4.49. The van der Waals surface area contributed by atoms with Gasteiger partial charge in [0.15, 0.2) is 6.04 Å². The molecule has 0 saturated carbocycles. The van der Waals surface area contributed by atoms with Gasteiger partial charge in [0, 0.05) is 24.8 Å². The summed E-state index contributed by atoms with van der Waals surface area (Å²) >= 11 is 9.77. The van der Waals surface area contributed by atoms with Crippen molar-refractivity contribution in [2.75, 3.05) is 39.6 Å². The maximum absolute atomic E-state index is 11.9. The summed E-state index contributed by atoms with van der Waals surface area (Å²) in [5.41, 5.74) is -1.30. The molecule has 0 heterocycles. The highest BCUT2D eigenvalue weighted by molar-refractivity contribution is 7.80. The van der Waals surface area contributed by atoms with E-state index in [1.54, 1.807) is 6.92 Å². The third-order valence-electron chi connectivity index (χ3n) is 4.51. The van der Waals surface area contributed by atoms with E-state index in [1.165, 1.54) is 0 Å². The van der Waals surface area contributed by atoms with Gasteiger partial charge in [-0.1, -0.05) is 19.7 Å². The van der Waals surface area contributed by atoms with E-state index in [0.29, 0.717) is 25.8 Å². The van der Waals surface area contributed by atoms with Gasteiger partial charge in [0.05, 0.1) is 11.8 Å². The largest absolute Gasteiger partial charge is 0.470 e. The number of nitrogens with zero attached hydrogens (tertiary/aromatic N) is 1. The zero-order valence-electron chi connectivity index (χ0n) is 20.7. The number of isothiocyanates is 1. The minimum atomic E-state index is -1.30. The Morgan fingerprint density at radius 3 is 1.81 bits per heavy atom. The van der Waals surface area contributed by atoms with Crippen LogP contribution in [0, 0.1) is 5.41 Å². The minimum Gasteiger partial charge on any atom is -0.470 e. The fourth-order valence-electron chi connectivity index (χ4n) is 2.56. The summed E-state index contributed by atoms with van der Waals surface area (Å²) in [4.78, 5) is 50.6. The molecule has 0 fully saturated rings. The molecule has 11 nitrogen and oxygen atoms in total. The fourth-order valence-corrected chi connectivity index (χ4v) is 2.85. The van der Waals surface area contributed by atoms with E-state index in [4.69, 9.17) is 35.9 Å². The van der Waals surface area contributed by atoms with Gasteiger partial charge in [-0.2, -0.15) is 0 Å². The van der Waals surface area contributed by atoms with Crippen LogP contribution in [0.15, 0.2) is 43.0 Å². The van der Waals surface area contributed by atoms with Crippen LogP contribution in [-0.2, 0) is 42.9 Å². The topological polar surface area (TPSA) is 139 Å². The number of carbonyl (C=O) groups is 4. The lowest BCUT2D eigenvalue weighted by atomic mass is 9.92. The molecule has 0 spiro atoms. The Morgan fingerprint density at radius 1 is 0.892 bits per heavy atom. The summed E-state index contributed by atoms with van der Waals surface area (Å²) in [5, 5.41) is 5.10. The van der Waals surface area contributed by atoms with E-state index in [-0.39, 0.29) is 38.2 Å². The molecular formula is C24H32N2O9S2. The first-order valence-electron chi connectivity index (χ1n) is 11.2. The number of unbranched alkanes of at least 4 members (excludes halogenated alkanes) is 1. The third-order valence-corrected chi connectivity index (χ3v) is 4.88. The number of nitrogens with one attached hydrogen (secondary N) is 1. The molecule has 0 amide bonds. The molecule has 0 aliphatic carbocycles. The second kappa shape index (κ2) is 19.7.